The molecule has 3 heteroatoms. The molecule has 0 radical (unpaired) electrons. The van der Waals surface area contributed by atoms with E-state index in [9.17, 15) is 9.59 Å². The minimum Gasteiger partial charge on any atom is -0.461 e. The number of rotatable bonds is 3. The first kappa shape index (κ1) is 12.2. The maximum atomic E-state index is 12.2. The molecule has 100 valence electrons. The van der Waals surface area contributed by atoms with Crippen LogP contribution in [0.5, 0.6) is 0 Å². The van der Waals surface area contributed by atoms with E-state index in [0.717, 1.165) is 19.3 Å². The number of fused-ring (bicyclic) bond motifs is 1. The molecule has 0 heterocycles. The maximum absolute atomic E-state index is 12.2. The Bertz CT molecular complexity index is 399. The first-order chi connectivity index (χ1) is 8.44. The third-order valence-corrected chi connectivity index (χ3v) is 5.62. The minimum absolute atomic E-state index is 0.0241. The summed E-state index contributed by atoms with van der Waals surface area (Å²) in [5, 5.41) is 0. The van der Waals surface area contributed by atoms with Crippen molar-refractivity contribution in [3.05, 3.63) is 0 Å². The molecular formula is C15H22O3. The van der Waals surface area contributed by atoms with Gasteiger partial charge in [0.25, 0.3) is 0 Å². The summed E-state index contributed by atoms with van der Waals surface area (Å²) in [6, 6.07) is 0. The second-order valence-corrected chi connectivity index (χ2v) is 6.94. The van der Waals surface area contributed by atoms with E-state index in [2.05, 4.69) is 0 Å². The Morgan fingerprint density at radius 2 is 2.06 bits per heavy atom. The number of carbonyl (C=O) groups excluding carboxylic acids is 2. The molecule has 0 aliphatic heterocycles. The van der Waals surface area contributed by atoms with E-state index in [1.807, 2.05) is 20.8 Å². The van der Waals surface area contributed by atoms with Crippen molar-refractivity contribution in [3.8, 4) is 0 Å². The molecule has 0 N–H and O–H groups in total. The number of Topliss-reactive ketones (excluding diaryl/α,β-unsaturated/α-hetero) is 1. The zero-order valence-corrected chi connectivity index (χ0v) is 11.4. The summed E-state index contributed by atoms with van der Waals surface area (Å²) in [5.41, 5.74) is -0.399. The monoisotopic (exact) mass is 250 g/mol. The second-order valence-electron chi connectivity index (χ2n) is 6.94. The van der Waals surface area contributed by atoms with Gasteiger partial charge < -0.3 is 4.74 Å². The van der Waals surface area contributed by atoms with Gasteiger partial charge in [0.1, 0.15) is 11.9 Å². The van der Waals surface area contributed by atoms with Crippen LogP contribution in [0.4, 0.5) is 0 Å². The Morgan fingerprint density at radius 3 is 2.72 bits per heavy atom. The van der Waals surface area contributed by atoms with Crippen LogP contribution in [0.15, 0.2) is 0 Å². The Labute approximate surface area is 108 Å². The van der Waals surface area contributed by atoms with Gasteiger partial charge in [-0.15, -0.1) is 0 Å². The van der Waals surface area contributed by atoms with Gasteiger partial charge in [0.2, 0.25) is 0 Å². The standard InChI is InChI=1S/C15H22O3/c1-4-15(2,3)14(17)18-13-8-5-9-10(6-8)12(16)7-11(9)13/h8-11,13H,4-7H2,1-3H3. The van der Waals surface area contributed by atoms with Crippen LogP contribution in [0, 0.1) is 29.1 Å². The average Bonchev–Trinajstić information content (AvgIpc) is 2.93. The average molecular weight is 250 g/mol. The van der Waals surface area contributed by atoms with Crippen molar-refractivity contribution >= 4 is 11.8 Å². The molecule has 3 saturated carbocycles. The van der Waals surface area contributed by atoms with E-state index >= 15 is 0 Å². The van der Waals surface area contributed by atoms with Crippen molar-refractivity contribution in [2.45, 2.75) is 52.6 Å². The Morgan fingerprint density at radius 1 is 1.33 bits per heavy atom. The fourth-order valence-electron chi connectivity index (χ4n) is 4.08. The number of esters is 1. The minimum atomic E-state index is -0.399. The summed E-state index contributed by atoms with van der Waals surface area (Å²) in [6.07, 6.45) is 3.53. The van der Waals surface area contributed by atoms with Crippen LogP contribution < -0.4 is 0 Å². The van der Waals surface area contributed by atoms with Gasteiger partial charge in [0.15, 0.2) is 0 Å². The van der Waals surface area contributed by atoms with E-state index in [1.54, 1.807) is 0 Å². The zero-order valence-electron chi connectivity index (χ0n) is 11.4. The SMILES string of the molecule is CCC(C)(C)C(=O)OC1C2CC3C(=O)CC1C3C2. The molecule has 3 fully saturated rings. The highest BCUT2D eigenvalue weighted by molar-refractivity contribution is 5.85. The summed E-state index contributed by atoms with van der Waals surface area (Å²) in [7, 11) is 0. The van der Waals surface area contributed by atoms with Crippen LogP contribution in [0.2, 0.25) is 0 Å². The first-order valence-electron chi connectivity index (χ1n) is 7.18. The van der Waals surface area contributed by atoms with Crippen LogP contribution >= 0.6 is 0 Å². The van der Waals surface area contributed by atoms with Crippen LogP contribution in [-0.4, -0.2) is 17.9 Å². The molecule has 0 aromatic heterocycles. The van der Waals surface area contributed by atoms with Gasteiger partial charge in [-0.2, -0.15) is 0 Å². The number of hydrogen-bond donors (Lipinski definition) is 0. The highest BCUT2D eigenvalue weighted by atomic mass is 16.5. The van der Waals surface area contributed by atoms with E-state index in [-0.39, 0.29) is 12.1 Å². The number of carbonyl (C=O) groups is 2. The van der Waals surface area contributed by atoms with E-state index in [1.165, 1.54) is 0 Å². The van der Waals surface area contributed by atoms with Crippen molar-refractivity contribution in [1.29, 1.82) is 0 Å². The fraction of sp³-hybridized carbons (Fsp3) is 0.867. The summed E-state index contributed by atoms with van der Waals surface area (Å²) in [6.45, 7) is 5.88. The van der Waals surface area contributed by atoms with Crippen LogP contribution in [0.1, 0.15) is 46.5 Å². The molecule has 0 aromatic rings. The van der Waals surface area contributed by atoms with Crippen molar-refractivity contribution in [2.24, 2.45) is 29.1 Å². The van der Waals surface area contributed by atoms with Gasteiger partial charge in [-0.25, -0.2) is 0 Å². The smallest absolute Gasteiger partial charge is 0.311 e. The predicted octanol–water partition coefficient (Wildman–Crippen LogP) is 2.58. The van der Waals surface area contributed by atoms with Gasteiger partial charge >= 0.3 is 5.97 Å². The lowest BCUT2D eigenvalue weighted by Crippen LogP contribution is -2.36. The molecule has 5 atom stereocenters. The molecule has 5 unspecified atom stereocenters. The molecule has 0 saturated heterocycles. The lowest BCUT2D eigenvalue weighted by atomic mass is 9.85. The predicted molar refractivity (Wildman–Crippen MR) is 66.8 cm³/mol. The van der Waals surface area contributed by atoms with Gasteiger partial charge in [0.05, 0.1) is 5.41 Å². The molecule has 3 rings (SSSR count). The normalized spacial score (nSPS) is 41.5. The quantitative estimate of drug-likeness (QED) is 0.723. The Kier molecular flexibility index (Phi) is 2.58. The third-order valence-electron chi connectivity index (χ3n) is 5.62. The third kappa shape index (κ3) is 1.55. The fourth-order valence-corrected chi connectivity index (χ4v) is 4.08. The topological polar surface area (TPSA) is 43.4 Å². The van der Waals surface area contributed by atoms with E-state index < -0.39 is 5.41 Å². The lowest BCUT2D eigenvalue weighted by Gasteiger charge is -2.30. The Hall–Kier alpha value is -0.860. The molecule has 3 aliphatic carbocycles. The van der Waals surface area contributed by atoms with Crippen molar-refractivity contribution in [3.63, 3.8) is 0 Å². The molecular weight excluding hydrogens is 228 g/mol. The van der Waals surface area contributed by atoms with E-state index in [4.69, 9.17) is 4.74 Å². The van der Waals surface area contributed by atoms with Crippen LogP contribution in [0.3, 0.4) is 0 Å². The van der Waals surface area contributed by atoms with Crippen LogP contribution in [0.25, 0.3) is 0 Å². The van der Waals surface area contributed by atoms with Crippen molar-refractivity contribution in [2.75, 3.05) is 0 Å². The number of ether oxygens (including phenoxy) is 1. The Balaban J connectivity index is 1.73. The van der Waals surface area contributed by atoms with Gasteiger partial charge in [-0.05, 0) is 44.9 Å². The number of hydrogen-bond acceptors (Lipinski definition) is 3. The molecule has 3 nitrogen and oxygen atoms in total. The highest BCUT2D eigenvalue weighted by Gasteiger charge is 2.61. The molecule has 18 heavy (non-hydrogen) atoms. The molecule has 0 amide bonds. The largest absolute Gasteiger partial charge is 0.461 e. The van der Waals surface area contributed by atoms with Gasteiger partial charge in [-0.3, -0.25) is 9.59 Å². The second kappa shape index (κ2) is 3.82. The summed E-state index contributed by atoms with van der Waals surface area (Å²) in [4.78, 5) is 24.0. The van der Waals surface area contributed by atoms with E-state index in [0.29, 0.717) is 35.9 Å². The summed E-state index contributed by atoms with van der Waals surface area (Å²) in [5.74, 6) is 1.93. The highest BCUT2D eigenvalue weighted by Crippen LogP contribution is 2.59. The maximum Gasteiger partial charge on any atom is 0.311 e. The number of ketones is 1. The molecule has 2 bridgehead atoms. The zero-order chi connectivity index (χ0) is 13.1. The molecule has 0 spiro atoms. The molecule has 0 aromatic carbocycles. The van der Waals surface area contributed by atoms with Crippen LogP contribution in [-0.2, 0) is 14.3 Å². The van der Waals surface area contributed by atoms with Gasteiger partial charge in [-0.1, -0.05) is 6.92 Å². The molecule has 3 aliphatic rings. The van der Waals surface area contributed by atoms with Crippen molar-refractivity contribution in [1.82, 2.24) is 0 Å². The lowest BCUT2D eigenvalue weighted by molar-refractivity contribution is -0.165. The summed E-state index contributed by atoms with van der Waals surface area (Å²) >= 11 is 0. The summed E-state index contributed by atoms with van der Waals surface area (Å²) < 4.78 is 5.79. The van der Waals surface area contributed by atoms with Gasteiger partial charge in [0, 0.05) is 18.3 Å². The van der Waals surface area contributed by atoms with Crippen molar-refractivity contribution < 1.29 is 14.3 Å². The first-order valence-corrected chi connectivity index (χ1v) is 7.18.